The molecule has 0 amide bonds. The second kappa shape index (κ2) is 5.85. The van der Waals surface area contributed by atoms with Crippen LogP contribution < -0.4 is 5.32 Å². The van der Waals surface area contributed by atoms with Gasteiger partial charge in [-0.3, -0.25) is 0 Å². The summed E-state index contributed by atoms with van der Waals surface area (Å²) in [6.45, 7) is 11.8. The summed E-state index contributed by atoms with van der Waals surface area (Å²) in [6, 6.07) is 10.2. The van der Waals surface area contributed by atoms with E-state index in [2.05, 4.69) is 43.0 Å². The van der Waals surface area contributed by atoms with Gasteiger partial charge in [-0.15, -0.1) is 0 Å². The molecule has 1 heterocycles. The van der Waals surface area contributed by atoms with E-state index in [-0.39, 0.29) is 0 Å². The summed E-state index contributed by atoms with van der Waals surface area (Å²) < 4.78 is 2.01. The highest BCUT2D eigenvalue weighted by Gasteiger charge is 2.11. The molecule has 1 N–H and O–H groups in total. The van der Waals surface area contributed by atoms with Crippen molar-refractivity contribution in [1.29, 1.82) is 0 Å². The molecule has 0 unspecified atom stereocenters. The molecule has 0 aliphatic rings. The predicted octanol–water partition coefficient (Wildman–Crippen LogP) is 3.15. The molecule has 0 spiro atoms. The van der Waals surface area contributed by atoms with Crippen LogP contribution in [0.3, 0.4) is 0 Å². The van der Waals surface area contributed by atoms with Crippen LogP contribution in [0.1, 0.15) is 23.9 Å². The molecule has 0 saturated carbocycles. The van der Waals surface area contributed by atoms with E-state index in [9.17, 15) is 0 Å². The van der Waals surface area contributed by atoms with Crippen molar-refractivity contribution in [2.24, 2.45) is 0 Å². The highest BCUT2D eigenvalue weighted by Crippen LogP contribution is 2.17. The number of nitrogens with one attached hydrogen (secondary N) is 1. The smallest absolute Gasteiger partial charge is 0.0648 e. The summed E-state index contributed by atoms with van der Waals surface area (Å²) in [7, 11) is 0. The summed E-state index contributed by atoms with van der Waals surface area (Å²) in [5.41, 5.74) is 5.79. The molecule has 0 aliphatic carbocycles. The van der Waals surface area contributed by atoms with Crippen LogP contribution >= 0.6 is 0 Å². The summed E-state index contributed by atoms with van der Waals surface area (Å²) in [4.78, 5) is 0. The van der Waals surface area contributed by atoms with Crippen molar-refractivity contribution in [2.75, 3.05) is 6.54 Å². The number of aryl methyl sites for hydroxylation is 1. The van der Waals surface area contributed by atoms with E-state index in [0.717, 1.165) is 30.0 Å². The van der Waals surface area contributed by atoms with Gasteiger partial charge in [0.15, 0.2) is 0 Å². The van der Waals surface area contributed by atoms with E-state index in [0.29, 0.717) is 0 Å². The first kappa shape index (κ1) is 13.6. The van der Waals surface area contributed by atoms with Crippen LogP contribution in [-0.2, 0) is 6.54 Å². The lowest BCUT2D eigenvalue weighted by Gasteiger charge is -2.06. The zero-order valence-electron chi connectivity index (χ0n) is 11.9. The fraction of sp³-hybridized carbons (Fsp3) is 0.312. The molecule has 2 aromatic rings. The standard InChI is InChI=1S/C16H21N3/c1-12(2)10-17-11-16-13(3)18-19(14(16)4)15-8-6-5-7-9-15/h5-9,17H,1,10-11H2,2-4H3. The molecule has 3 nitrogen and oxygen atoms in total. The Bertz CT molecular complexity index is 567. The van der Waals surface area contributed by atoms with Gasteiger partial charge < -0.3 is 5.32 Å². The predicted molar refractivity (Wildman–Crippen MR) is 79.6 cm³/mol. The number of hydrogen-bond donors (Lipinski definition) is 1. The highest BCUT2D eigenvalue weighted by atomic mass is 15.3. The van der Waals surface area contributed by atoms with Crippen molar-refractivity contribution in [3.8, 4) is 5.69 Å². The van der Waals surface area contributed by atoms with Crippen LogP contribution in [0.5, 0.6) is 0 Å². The molecule has 0 saturated heterocycles. The Morgan fingerprint density at radius 1 is 1.26 bits per heavy atom. The minimum absolute atomic E-state index is 0.831. The van der Waals surface area contributed by atoms with Crippen LogP contribution in [0, 0.1) is 13.8 Å². The lowest BCUT2D eigenvalue weighted by molar-refractivity contribution is 0.733. The van der Waals surface area contributed by atoms with Gasteiger partial charge >= 0.3 is 0 Å². The number of aromatic nitrogens is 2. The van der Waals surface area contributed by atoms with Gasteiger partial charge in [-0.05, 0) is 32.9 Å². The molecule has 3 heteroatoms. The van der Waals surface area contributed by atoms with Crippen LogP contribution in [0.4, 0.5) is 0 Å². The van der Waals surface area contributed by atoms with Gasteiger partial charge in [0.1, 0.15) is 0 Å². The van der Waals surface area contributed by atoms with Gasteiger partial charge in [0.05, 0.1) is 11.4 Å². The first-order chi connectivity index (χ1) is 9.09. The molecular weight excluding hydrogens is 234 g/mol. The third-order valence-electron chi connectivity index (χ3n) is 3.17. The van der Waals surface area contributed by atoms with E-state index in [4.69, 9.17) is 0 Å². The van der Waals surface area contributed by atoms with E-state index in [1.54, 1.807) is 0 Å². The molecule has 0 bridgehead atoms. The largest absolute Gasteiger partial charge is 0.309 e. The van der Waals surface area contributed by atoms with Crippen molar-refractivity contribution in [1.82, 2.24) is 15.1 Å². The monoisotopic (exact) mass is 255 g/mol. The molecule has 1 aromatic carbocycles. The topological polar surface area (TPSA) is 29.9 Å². The first-order valence-electron chi connectivity index (χ1n) is 6.55. The van der Waals surface area contributed by atoms with E-state index in [1.807, 2.05) is 29.8 Å². The third-order valence-corrected chi connectivity index (χ3v) is 3.17. The molecule has 100 valence electrons. The molecule has 1 aromatic heterocycles. The van der Waals surface area contributed by atoms with Crippen molar-refractivity contribution >= 4 is 0 Å². The van der Waals surface area contributed by atoms with Crippen LogP contribution in [-0.4, -0.2) is 16.3 Å². The number of rotatable bonds is 5. The van der Waals surface area contributed by atoms with Crippen molar-refractivity contribution < 1.29 is 0 Å². The number of benzene rings is 1. The van der Waals surface area contributed by atoms with Crippen molar-refractivity contribution in [3.05, 3.63) is 59.4 Å². The van der Waals surface area contributed by atoms with Gasteiger partial charge in [-0.1, -0.05) is 30.4 Å². The lowest BCUT2D eigenvalue weighted by atomic mass is 10.2. The Morgan fingerprint density at radius 2 is 1.95 bits per heavy atom. The minimum Gasteiger partial charge on any atom is -0.309 e. The highest BCUT2D eigenvalue weighted by molar-refractivity contribution is 5.36. The molecule has 0 aliphatic heterocycles. The maximum atomic E-state index is 4.63. The molecule has 19 heavy (non-hydrogen) atoms. The Kier molecular flexibility index (Phi) is 4.17. The second-order valence-electron chi connectivity index (χ2n) is 4.96. The summed E-state index contributed by atoms with van der Waals surface area (Å²) >= 11 is 0. The van der Waals surface area contributed by atoms with Crippen LogP contribution in [0.15, 0.2) is 42.5 Å². The maximum absolute atomic E-state index is 4.63. The minimum atomic E-state index is 0.831. The van der Waals surface area contributed by atoms with Gasteiger partial charge in [-0.25, -0.2) is 4.68 Å². The first-order valence-corrected chi connectivity index (χ1v) is 6.55. The molecule has 0 fully saturated rings. The van der Waals surface area contributed by atoms with Gasteiger partial charge in [-0.2, -0.15) is 5.10 Å². The SMILES string of the molecule is C=C(C)CNCc1c(C)nn(-c2ccccc2)c1C. The molecule has 2 rings (SSSR count). The van der Waals surface area contributed by atoms with Crippen molar-refractivity contribution in [2.45, 2.75) is 27.3 Å². The Morgan fingerprint density at radius 3 is 2.58 bits per heavy atom. The molecular formula is C16H21N3. The van der Waals surface area contributed by atoms with Crippen LogP contribution in [0.25, 0.3) is 5.69 Å². The summed E-state index contributed by atoms with van der Waals surface area (Å²) in [5, 5.41) is 8.03. The Labute approximate surface area is 115 Å². The van der Waals surface area contributed by atoms with E-state index >= 15 is 0 Å². The Balaban J connectivity index is 2.22. The van der Waals surface area contributed by atoms with Gasteiger partial charge in [0.2, 0.25) is 0 Å². The zero-order valence-corrected chi connectivity index (χ0v) is 11.9. The van der Waals surface area contributed by atoms with Crippen molar-refractivity contribution in [3.63, 3.8) is 0 Å². The summed E-state index contributed by atoms with van der Waals surface area (Å²) in [6.07, 6.45) is 0. The number of hydrogen-bond acceptors (Lipinski definition) is 2. The fourth-order valence-electron chi connectivity index (χ4n) is 2.15. The number of nitrogens with zero attached hydrogens (tertiary/aromatic N) is 2. The van der Waals surface area contributed by atoms with Gasteiger partial charge in [0, 0.05) is 24.3 Å². The zero-order chi connectivity index (χ0) is 13.8. The maximum Gasteiger partial charge on any atom is 0.0648 e. The number of para-hydroxylation sites is 1. The van der Waals surface area contributed by atoms with E-state index < -0.39 is 0 Å². The fourth-order valence-corrected chi connectivity index (χ4v) is 2.15. The quantitative estimate of drug-likeness (QED) is 0.832. The van der Waals surface area contributed by atoms with Crippen LogP contribution in [0.2, 0.25) is 0 Å². The van der Waals surface area contributed by atoms with E-state index in [1.165, 1.54) is 11.3 Å². The average Bonchev–Trinajstić information content (AvgIpc) is 2.67. The van der Waals surface area contributed by atoms with Gasteiger partial charge in [0.25, 0.3) is 0 Å². The summed E-state index contributed by atoms with van der Waals surface area (Å²) in [5.74, 6) is 0. The Hall–Kier alpha value is -1.87. The lowest BCUT2D eigenvalue weighted by Crippen LogP contribution is -2.16. The third kappa shape index (κ3) is 3.12. The second-order valence-corrected chi connectivity index (χ2v) is 4.96. The molecule has 0 atom stereocenters. The normalized spacial score (nSPS) is 10.7. The molecule has 0 radical (unpaired) electrons. The average molecular weight is 255 g/mol.